The fourth-order valence-electron chi connectivity index (χ4n) is 7.40. The van der Waals surface area contributed by atoms with Gasteiger partial charge in [-0.15, -0.1) is 0 Å². The van der Waals surface area contributed by atoms with Crippen molar-refractivity contribution in [1.29, 1.82) is 15.8 Å². The van der Waals surface area contributed by atoms with Gasteiger partial charge in [0.05, 0.1) is 62.7 Å². The Balaban J connectivity index is 1.23. The van der Waals surface area contributed by atoms with E-state index in [1.54, 1.807) is 0 Å². The molecule has 0 radical (unpaired) electrons. The topological polar surface area (TPSA) is 81.2 Å². The van der Waals surface area contributed by atoms with E-state index < -0.39 is 0 Å². The molecule has 230 valence electrons. The van der Waals surface area contributed by atoms with Crippen LogP contribution in [0.2, 0.25) is 0 Å². The molecule has 0 bridgehead atoms. The lowest BCUT2D eigenvalue weighted by molar-refractivity contribution is 1.18. The number of aromatic nitrogens is 2. The van der Waals surface area contributed by atoms with E-state index in [1.807, 2.05) is 66.7 Å². The summed E-state index contributed by atoms with van der Waals surface area (Å²) in [5, 5.41) is 33.8. The lowest BCUT2D eigenvalue weighted by Gasteiger charge is -2.16. The summed E-state index contributed by atoms with van der Waals surface area (Å²) >= 11 is 0. The lowest BCUT2D eigenvalue weighted by Crippen LogP contribution is -1.98. The van der Waals surface area contributed by atoms with Crippen LogP contribution in [0.4, 0.5) is 0 Å². The molecule has 9 aromatic rings. The minimum atomic E-state index is 0.560. The zero-order valence-corrected chi connectivity index (χ0v) is 26.7. The van der Waals surface area contributed by atoms with Crippen molar-refractivity contribution < 1.29 is 0 Å². The molecule has 50 heavy (non-hydrogen) atoms. The van der Waals surface area contributed by atoms with Crippen LogP contribution in [-0.4, -0.2) is 9.13 Å². The molecule has 5 heteroatoms. The van der Waals surface area contributed by atoms with Crippen molar-refractivity contribution >= 4 is 43.6 Å². The summed E-state index contributed by atoms with van der Waals surface area (Å²) < 4.78 is 4.49. The third-order valence-corrected chi connectivity index (χ3v) is 9.61. The molecule has 0 aliphatic heterocycles. The summed E-state index contributed by atoms with van der Waals surface area (Å²) in [5.41, 5.74) is 11.6. The SMILES string of the molecule is N#Cc1ccc2c(c1)c1cc(C#N)ccc1n2-c1cccc(-c2cc(-c3ccccc3-n3c4ccccc4c4ccccc43)ccc2C#N)c1. The van der Waals surface area contributed by atoms with Gasteiger partial charge in [-0.05, 0) is 90.0 Å². The normalized spacial score (nSPS) is 11.1. The minimum absolute atomic E-state index is 0.560. The monoisotopic (exact) mass is 635 g/mol. The highest BCUT2D eigenvalue weighted by Crippen LogP contribution is 2.39. The third-order valence-electron chi connectivity index (χ3n) is 9.61. The third kappa shape index (κ3) is 4.38. The number of nitrogens with zero attached hydrogens (tertiary/aromatic N) is 5. The summed E-state index contributed by atoms with van der Waals surface area (Å²) in [4.78, 5) is 0. The number of nitriles is 3. The first-order valence-electron chi connectivity index (χ1n) is 16.3. The second-order valence-corrected chi connectivity index (χ2v) is 12.3. The Morgan fingerprint density at radius 1 is 0.380 bits per heavy atom. The first-order valence-corrected chi connectivity index (χ1v) is 16.3. The zero-order chi connectivity index (χ0) is 33.8. The Bertz CT molecular complexity index is 2850. The van der Waals surface area contributed by atoms with Crippen molar-refractivity contribution in [2.45, 2.75) is 0 Å². The first kappa shape index (κ1) is 28.8. The van der Waals surface area contributed by atoms with E-state index in [4.69, 9.17) is 0 Å². The van der Waals surface area contributed by atoms with Gasteiger partial charge in [-0.25, -0.2) is 0 Å². The highest BCUT2D eigenvalue weighted by atomic mass is 15.0. The van der Waals surface area contributed by atoms with Gasteiger partial charge in [0.2, 0.25) is 0 Å². The molecule has 0 amide bonds. The second-order valence-electron chi connectivity index (χ2n) is 12.3. The first-order chi connectivity index (χ1) is 24.7. The van der Waals surface area contributed by atoms with Crippen LogP contribution in [0, 0.1) is 34.0 Å². The maximum absolute atomic E-state index is 10.3. The van der Waals surface area contributed by atoms with Crippen molar-refractivity contribution in [2.24, 2.45) is 0 Å². The van der Waals surface area contributed by atoms with E-state index >= 15 is 0 Å². The predicted molar refractivity (Wildman–Crippen MR) is 200 cm³/mol. The van der Waals surface area contributed by atoms with Crippen LogP contribution in [0.15, 0.2) is 152 Å². The van der Waals surface area contributed by atoms with Crippen LogP contribution in [-0.2, 0) is 0 Å². The second kappa shape index (κ2) is 11.4. The molecule has 5 nitrogen and oxygen atoms in total. The Morgan fingerprint density at radius 3 is 1.60 bits per heavy atom. The van der Waals surface area contributed by atoms with Crippen LogP contribution >= 0.6 is 0 Å². The van der Waals surface area contributed by atoms with Gasteiger partial charge < -0.3 is 9.13 Å². The Kier molecular flexibility index (Phi) is 6.56. The van der Waals surface area contributed by atoms with E-state index in [0.29, 0.717) is 16.7 Å². The maximum Gasteiger partial charge on any atom is 0.0998 e. The van der Waals surface area contributed by atoms with Crippen LogP contribution < -0.4 is 0 Å². The van der Waals surface area contributed by atoms with E-state index in [1.165, 1.54) is 10.8 Å². The van der Waals surface area contributed by atoms with Gasteiger partial charge >= 0.3 is 0 Å². The molecule has 0 spiro atoms. The van der Waals surface area contributed by atoms with Gasteiger partial charge in [0.15, 0.2) is 0 Å². The number of benzene rings is 7. The number of hydrogen-bond donors (Lipinski definition) is 0. The van der Waals surface area contributed by atoms with Gasteiger partial charge in [0.1, 0.15) is 0 Å². The quantitative estimate of drug-likeness (QED) is 0.193. The summed E-state index contributed by atoms with van der Waals surface area (Å²) in [5.74, 6) is 0. The van der Waals surface area contributed by atoms with Gasteiger partial charge in [-0.2, -0.15) is 15.8 Å². The smallest absolute Gasteiger partial charge is 0.0998 e. The molecule has 0 unspecified atom stereocenters. The van der Waals surface area contributed by atoms with Gasteiger partial charge in [-0.3, -0.25) is 0 Å². The van der Waals surface area contributed by atoms with Crippen LogP contribution in [0.25, 0.3) is 77.2 Å². The van der Waals surface area contributed by atoms with Crippen molar-refractivity contribution in [3.8, 4) is 51.8 Å². The number of rotatable bonds is 4. The lowest BCUT2D eigenvalue weighted by atomic mass is 9.94. The van der Waals surface area contributed by atoms with E-state index in [9.17, 15) is 15.8 Å². The van der Waals surface area contributed by atoms with E-state index in [0.717, 1.165) is 66.5 Å². The van der Waals surface area contributed by atoms with E-state index in [2.05, 4.69) is 112 Å². The Hall–Kier alpha value is -7.39. The molecule has 0 aliphatic carbocycles. The molecule has 9 rings (SSSR count). The van der Waals surface area contributed by atoms with Crippen molar-refractivity contribution in [3.05, 3.63) is 168 Å². The molecule has 0 atom stereocenters. The largest absolute Gasteiger partial charge is 0.309 e. The molecule has 0 saturated carbocycles. The Labute approximate surface area is 287 Å². The number of hydrogen-bond acceptors (Lipinski definition) is 3. The van der Waals surface area contributed by atoms with Crippen molar-refractivity contribution in [3.63, 3.8) is 0 Å². The average Bonchev–Trinajstić information content (AvgIpc) is 3.69. The molecule has 0 saturated heterocycles. The molecule has 0 fully saturated rings. The highest BCUT2D eigenvalue weighted by molar-refractivity contribution is 6.11. The number of fused-ring (bicyclic) bond motifs is 6. The van der Waals surface area contributed by atoms with Crippen molar-refractivity contribution in [2.75, 3.05) is 0 Å². The highest BCUT2D eigenvalue weighted by Gasteiger charge is 2.18. The van der Waals surface area contributed by atoms with Gasteiger partial charge in [0, 0.05) is 38.4 Å². The molecule has 2 heterocycles. The summed E-state index contributed by atoms with van der Waals surface area (Å²) in [6.45, 7) is 0. The molecule has 0 aliphatic rings. The van der Waals surface area contributed by atoms with Gasteiger partial charge in [0.25, 0.3) is 0 Å². The molecule has 0 N–H and O–H groups in total. The average molecular weight is 636 g/mol. The fraction of sp³-hybridized carbons (Fsp3) is 0. The van der Waals surface area contributed by atoms with E-state index in [-0.39, 0.29) is 0 Å². The molecular formula is C45H25N5. The summed E-state index contributed by atoms with van der Waals surface area (Å²) in [7, 11) is 0. The zero-order valence-electron chi connectivity index (χ0n) is 26.7. The van der Waals surface area contributed by atoms with Crippen LogP contribution in [0.1, 0.15) is 16.7 Å². The molecule has 7 aromatic carbocycles. The Morgan fingerprint density at radius 2 is 0.960 bits per heavy atom. The minimum Gasteiger partial charge on any atom is -0.309 e. The summed E-state index contributed by atoms with van der Waals surface area (Å²) in [6.07, 6.45) is 0. The fourth-order valence-corrected chi connectivity index (χ4v) is 7.40. The van der Waals surface area contributed by atoms with Crippen LogP contribution in [0.3, 0.4) is 0 Å². The number of para-hydroxylation sites is 3. The molecular weight excluding hydrogens is 611 g/mol. The van der Waals surface area contributed by atoms with Crippen molar-refractivity contribution in [1.82, 2.24) is 9.13 Å². The van der Waals surface area contributed by atoms with Gasteiger partial charge in [-0.1, -0.05) is 72.8 Å². The maximum atomic E-state index is 10.3. The molecule has 2 aromatic heterocycles. The predicted octanol–water partition coefficient (Wildman–Crippen LogP) is 10.8. The standard InChI is InChI=1S/C45H25N5/c46-26-29-16-20-44-39(22-29)40-23-30(27-47)17-21-45(40)49(44)34-9-7-8-31(24-34)38-25-32(18-19-33(38)28-48)35-10-1-4-13-41(35)50-42-14-5-2-11-36(42)37-12-3-6-15-43(37)50/h1-25H. The van der Waals surface area contributed by atoms with Crippen LogP contribution in [0.5, 0.6) is 0 Å². The summed E-state index contributed by atoms with van der Waals surface area (Å²) in [6, 6.07) is 57.9.